The zero-order chi connectivity index (χ0) is 12.3. The summed E-state index contributed by atoms with van der Waals surface area (Å²) in [6, 6.07) is 0. The van der Waals surface area contributed by atoms with E-state index in [0.717, 1.165) is 6.08 Å². The van der Waals surface area contributed by atoms with Gasteiger partial charge in [-0.2, -0.15) is 0 Å². The molecule has 0 spiro atoms. The molecule has 5 N–H and O–H groups in total. The Morgan fingerprint density at radius 1 is 1.53 bits per heavy atom. The lowest BCUT2D eigenvalue weighted by molar-refractivity contribution is -0.145. The fraction of sp³-hybridized carbons (Fsp3) is 0.571. The highest BCUT2D eigenvalue weighted by atomic mass is 31.2. The number of carboxylic acid groups (broad SMARTS) is 1. The van der Waals surface area contributed by atoms with Gasteiger partial charge < -0.3 is 25.1 Å². The molecule has 15 heavy (non-hydrogen) atoms. The molecule has 7 nitrogen and oxygen atoms in total. The molecule has 0 aromatic rings. The Balaban J connectivity index is 5.58. The van der Waals surface area contributed by atoms with Crippen LogP contribution in [0.4, 0.5) is 0 Å². The average Bonchev–Trinajstić information content (AvgIpc) is 2.10. The molecule has 0 rings (SSSR count). The fourth-order valence-corrected chi connectivity index (χ4v) is 2.26. The quantitative estimate of drug-likeness (QED) is 0.294. The van der Waals surface area contributed by atoms with Gasteiger partial charge in [0.1, 0.15) is 6.10 Å². The first kappa shape index (κ1) is 14.3. The summed E-state index contributed by atoms with van der Waals surface area (Å²) in [7, 11) is -5.13. The van der Waals surface area contributed by atoms with Crippen molar-refractivity contribution in [1.29, 1.82) is 0 Å². The highest BCUT2D eigenvalue weighted by Crippen LogP contribution is 2.54. The number of carbonyl (C=O) groups is 1. The van der Waals surface area contributed by atoms with Gasteiger partial charge in [0.15, 0.2) is 5.16 Å². The van der Waals surface area contributed by atoms with E-state index in [1.807, 2.05) is 0 Å². The van der Waals surface area contributed by atoms with Gasteiger partial charge >= 0.3 is 13.6 Å². The maximum atomic E-state index is 11.1. The SMILES string of the molecule is C=CCC(C(=O)O)(C(O)CO)P(=O)(O)O. The van der Waals surface area contributed by atoms with Crippen LogP contribution < -0.4 is 0 Å². The van der Waals surface area contributed by atoms with E-state index in [1.54, 1.807) is 0 Å². The summed E-state index contributed by atoms with van der Waals surface area (Å²) in [6.45, 7) is 2.09. The van der Waals surface area contributed by atoms with Crippen LogP contribution in [-0.2, 0) is 9.36 Å². The highest BCUT2D eigenvalue weighted by Gasteiger charge is 2.58. The van der Waals surface area contributed by atoms with Crippen LogP contribution >= 0.6 is 7.60 Å². The molecular formula is C7H13O7P. The molecular weight excluding hydrogens is 227 g/mol. The first-order valence-electron chi connectivity index (χ1n) is 3.93. The van der Waals surface area contributed by atoms with Crippen molar-refractivity contribution in [2.24, 2.45) is 0 Å². The van der Waals surface area contributed by atoms with Gasteiger partial charge in [-0.1, -0.05) is 6.08 Å². The maximum absolute atomic E-state index is 11.1. The predicted molar refractivity (Wildman–Crippen MR) is 50.3 cm³/mol. The van der Waals surface area contributed by atoms with Crippen LogP contribution in [0.2, 0.25) is 0 Å². The number of aliphatic hydroxyl groups is 2. The molecule has 2 atom stereocenters. The lowest BCUT2D eigenvalue weighted by Crippen LogP contribution is -2.50. The van der Waals surface area contributed by atoms with Gasteiger partial charge in [0, 0.05) is 0 Å². The smallest absolute Gasteiger partial charge is 0.345 e. The van der Waals surface area contributed by atoms with E-state index in [9.17, 15) is 14.5 Å². The lowest BCUT2D eigenvalue weighted by atomic mass is 9.98. The summed E-state index contributed by atoms with van der Waals surface area (Å²) in [5.74, 6) is -1.88. The number of hydrogen-bond donors (Lipinski definition) is 5. The van der Waals surface area contributed by atoms with Gasteiger partial charge in [-0.25, -0.2) is 0 Å². The molecule has 0 aliphatic rings. The van der Waals surface area contributed by atoms with Crippen LogP contribution in [-0.4, -0.2) is 48.9 Å². The normalized spacial score (nSPS) is 17.9. The number of aliphatic carboxylic acids is 1. The third-order valence-corrected chi connectivity index (χ3v) is 3.78. The van der Waals surface area contributed by atoms with Crippen molar-refractivity contribution < 1.29 is 34.5 Å². The van der Waals surface area contributed by atoms with Crippen molar-refractivity contribution in [1.82, 2.24) is 0 Å². The van der Waals surface area contributed by atoms with Crippen molar-refractivity contribution in [3.05, 3.63) is 12.7 Å². The van der Waals surface area contributed by atoms with Gasteiger partial charge in [-0.15, -0.1) is 6.58 Å². The van der Waals surface area contributed by atoms with Crippen LogP contribution in [0.5, 0.6) is 0 Å². The molecule has 0 aromatic carbocycles. The Hall–Kier alpha value is -0.720. The monoisotopic (exact) mass is 240 g/mol. The van der Waals surface area contributed by atoms with E-state index >= 15 is 0 Å². The second kappa shape index (κ2) is 4.87. The summed E-state index contributed by atoms with van der Waals surface area (Å²) >= 11 is 0. The molecule has 0 saturated heterocycles. The summed E-state index contributed by atoms with van der Waals surface area (Å²) < 4.78 is 11.1. The Bertz CT molecular complexity index is 296. The van der Waals surface area contributed by atoms with Crippen LogP contribution in [0.15, 0.2) is 12.7 Å². The molecule has 0 heterocycles. The minimum absolute atomic E-state index is 0.645. The summed E-state index contributed by atoms with van der Waals surface area (Å²) in [4.78, 5) is 28.7. The van der Waals surface area contributed by atoms with Crippen molar-refractivity contribution in [3.63, 3.8) is 0 Å². The fourth-order valence-electron chi connectivity index (χ4n) is 1.17. The minimum Gasteiger partial charge on any atom is -0.480 e. The number of hydrogen-bond acceptors (Lipinski definition) is 4. The van der Waals surface area contributed by atoms with Crippen LogP contribution in [0.25, 0.3) is 0 Å². The summed E-state index contributed by atoms with van der Waals surface area (Å²) in [5, 5.41) is 23.9. The predicted octanol–water partition coefficient (Wildman–Crippen LogP) is -1.08. The molecule has 0 aliphatic carbocycles. The Kier molecular flexibility index (Phi) is 4.64. The molecule has 0 saturated carbocycles. The zero-order valence-corrected chi connectivity index (χ0v) is 8.67. The van der Waals surface area contributed by atoms with Crippen molar-refractivity contribution in [3.8, 4) is 0 Å². The third kappa shape index (κ3) is 2.45. The van der Waals surface area contributed by atoms with Crippen LogP contribution in [0.3, 0.4) is 0 Å². The van der Waals surface area contributed by atoms with E-state index < -0.39 is 37.9 Å². The molecule has 0 aromatic heterocycles. The Morgan fingerprint density at radius 3 is 2.20 bits per heavy atom. The van der Waals surface area contributed by atoms with E-state index in [-0.39, 0.29) is 0 Å². The van der Waals surface area contributed by atoms with Gasteiger partial charge in [0.2, 0.25) is 0 Å². The standard InChI is InChI=1S/C7H13O7P/c1-2-3-7(6(10)11,5(9)4-8)15(12,13)14/h2,5,8-9H,1,3-4H2,(H,10,11)(H2,12,13,14). The highest BCUT2D eigenvalue weighted by molar-refractivity contribution is 7.54. The second-order valence-electron chi connectivity index (χ2n) is 2.96. The van der Waals surface area contributed by atoms with Crippen LogP contribution in [0, 0.1) is 0 Å². The van der Waals surface area contributed by atoms with E-state index in [1.165, 1.54) is 0 Å². The van der Waals surface area contributed by atoms with Gasteiger partial charge in [-0.05, 0) is 6.42 Å². The minimum atomic E-state index is -5.13. The molecule has 0 fully saturated rings. The molecule has 0 amide bonds. The molecule has 0 aliphatic heterocycles. The molecule has 0 bridgehead atoms. The van der Waals surface area contributed by atoms with Gasteiger partial charge in [0.25, 0.3) is 0 Å². The summed E-state index contributed by atoms with van der Waals surface area (Å²) in [5.41, 5.74) is 0. The molecule has 2 unspecified atom stereocenters. The number of aliphatic hydroxyl groups excluding tert-OH is 2. The maximum Gasteiger partial charge on any atom is 0.345 e. The second-order valence-corrected chi connectivity index (χ2v) is 4.85. The van der Waals surface area contributed by atoms with Crippen molar-refractivity contribution in [2.75, 3.05) is 6.61 Å². The zero-order valence-electron chi connectivity index (χ0n) is 7.78. The first-order valence-corrected chi connectivity index (χ1v) is 5.54. The molecule has 8 heteroatoms. The van der Waals surface area contributed by atoms with Gasteiger partial charge in [0.05, 0.1) is 6.61 Å². The van der Waals surface area contributed by atoms with Crippen molar-refractivity contribution >= 4 is 13.6 Å². The van der Waals surface area contributed by atoms with Crippen molar-refractivity contribution in [2.45, 2.75) is 17.7 Å². The molecule has 0 radical (unpaired) electrons. The Labute approximate surface area is 85.8 Å². The Morgan fingerprint density at radius 2 is 2.00 bits per heavy atom. The molecule has 88 valence electrons. The topological polar surface area (TPSA) is 135 Å². The van der Waals surface area contributed by atoms with E-state index in [0.29, 0.717) is 0 Å². The number of rotatable bonds is 6. The largest absolute Gasteiger partial charge is 0.480 e. The first-order chi connectivity index (χ1) is 6.74. The van der Waals surface area contributed by atoms with E-state index in [2.05, 4.69) is 6.58 Å². The van der Waals surface area contributed by atoms with Crippen LogP contribution in [0.1, 0.15) is 6.42 Å². The number of carboxylic acids is 1. The lowest BCUT2D eigenvalue weighted by Gasteiger charge is -2.32. The number of allylic oxidation sites excluding steroid dienone is 1. The van der Waals surface area contributed by atoms with Gasteiger partial charge in [-0.3, -0.25) is 9.36 Å². The summed E-state index contributed by atoms with van der Waals surface area (Å²) in [6.07, 6.45) is -1.74. The average molecular weight is 240 g/mol. The third-order valence-electron chi connectivity index (χ3n) is 2.07. The van der Waals surface area contributed by atoms with E-state index in [4.69, 9.17) is 20.0 Å².